The average Bonchev–Trinajstić information content (AvgIpc) is 2.16. The van der Waals surface area contributed by atoms with Crippen LogP contribution in [-0.2, 0) is 0 Å². The summed E-state index contributed by atoms with van der Waals surface area (Å²) in [6, 6.07) is 0. The van der Waals surface area contributed by atoms with E-state index in [2.05, 4.69) is 19.1 Å². The smallest absolute Gasteiger partial charge is 0.346 e. The number of hydrogen-bond donors (Lipinski definition) is 0. The first-order valence-corrected chi connectivity index (χ1v) is 8.76. The molecule has 0 amide bonds. The van der Waals surface area contributed by atoms with Crippen LogP contribution in [0.4, 0.5) is 0 Å². The predicted molar refractivity (Wildman–Crippen MR) is 63.5 cm³/mol. The van der Waals surface area contributed by atoms with Crippen molar-refractivity contribution in [1.29, 1.82) is 0 Å². The van der Waals surface area contributed by atoms with E-state index in [1.54, 1.807) is 0 Å². The molecule has 0 aromatic carbocycles. The molecule has 0 aromatic heterocycles. The van der Waals surface area contributed by atoms with Crippen molar-refractivity contribution >= 4 is 28.3 Å². The van der Waals surface area contributed by atoms with Gasteiger partial charge in [-0.05, 0) is 19.3 Å². The Morgan fingerprint density at radius 3 is 2.38 bits per heavy atom. The van der Waals surface area contributed by atoms with Crippen molar-refractivity contribution in [1.82, 2.24) is 0 Å². The second-order valence-corrected chi connectivity index (χ2v) is 5.70. The molecule has 0 spiro atoms. The molecular formula is C11H21ClMg. The van der Waals surface area contributed by atoms with Gasteiger partial charge in [0.05, 0.1) is 0 Å². The minimum Gasteiger partial charge on any atom is -0.346 e. The summed E-state index contributed by atoms with van der Waals surface area (Å²) in [4.78, 5) is 0. The summed E-state index contributed by atoms with van der Waals surface area (Å²) in [7, 11) is 5.73. The van der Waals surface area contributed by atoms with Gasteiger partial charge in [-0.2, -0.15) is 0 Å². The summed E-state index contributed by atoms with van der Waals surface area (Å²) in [6.07, 6.45) is 14.0. The van der Waals surface area contributed by atoms with E-state index in [0.717, 1.165) is 0 Å². The fraction of sp³-hybridized carbons (Fsp3) is 0.818. The Labute approximate surface area is 96.6 Å². The van der Waals surface area contributed by atoms with Gasteiger partial charge in [0.2, 0.25) is 0 Å². The summed E-state index contributed by atoms with van der Waals surface area (Å²) in [6.45, 7) is 2.19. The molecule has 0 N–H and O–H groups in total. The lowest BCUT2D eigenvalue weighted by molar-refractivity contribution is 0.637. The van der Waals surface area contributed by atoms with E-state index in [-0.39, 0.29) is 19.3 Å². The van der Waals surface area contributed by atoms with Gasteiger partial charge in [0, 0.05) is 0 Å². The monoisotopic (exact) mass is 212 g/mol. The van der Waals surface area contributed by atoms with E-state index in [1.807, 2.05) is 0 Å². The van der Waals surface area contributed by atoms with Crippen molar-refractivity contribution in [2.45, 2.75) is 56.4 Å². The Morgan fingerprint density at radius 2 is 1.69 bits per heavy atom. The number of unbranched alkanes of at least 4 members (excludes halogenated alkanes) is 5. The normalized spacial score (nSPS) is 10.6. The molecule has 0 aromatic rings. The summed E-state index contributed by atoms with van der Waals surface area (Å²) in [5.74, 6) is 0. The third-order valence-corrected chi connectivity index (χ3v) is 3.73. The molecule has 0 unspecified atom stereocenters. The second-order valence-electron chi connectivity index (χ2n) is 3.48. The van der Waals surface area contributed by atoms with Gasteiger partial charge in [-0.3, -0.25) is 0 Å². The number of allylic oxidation sites excluding steroid dienone is 2. The van der Waals surface area contributed by atoms with Crippen LogP contribution in [0.2, 0.25) is 4.55 Å². The lowest BCUT2D eigenvalue weighted by atomic mass is 10.1. The third kappa shape index (κ3) is 12.8. The molecule has 13 heavy (non-hydrogen) atoms. The first-order valence-electron chi connectivity index (χ1n) is 5.62. The minimum atomic E-state index is -0.176. The van der Waals surface area contributed by atoms with Crippen molar-refractivity contribution in [3.63, 3.8) is 0 Å². The Hall–Kier alpha value is 0.796. The maximum Gasteiger partial charge on any atom is 0.501 e. The van der Waals surface area contributed by atoms with Crippen LogP contribution in [0, 0.1) is 0 Å². The van der Waals surface area contributed by atoms with Crippen molar-refractivity contribution in [3.8, 4) is 0 Å². The Kier molecular flexibility index (Phi) is 13.6. The predicted octanol–water partition coefficient (Wildman–Crippen LogP) is 4.57. The van der Waals surface area contributed by atoms with Crippen LogP contribution in [-0.4, -0.2) is 19.3 Å². The quantitative estimate of drug-likeness (QED) is 0.299. The van der Waals surface area contributed by atoms with Crippen LogP contribution in [0.15, 0.2) is 12.2 Å². The van der Waals surface area contributed by atoms with Crippen LogP contribution in [0.3, 0.4) is 0 Å². The second kappa shape index (κ2) is 12.8. The van der Waals surface area contributed by atoms with Crippen molar-refractivity contribution in [2.24, 2.45) is 0 Å². The lowest BCUT2D eigenvalue weighted by Crippen LogP contribution is -1.81. The van der Waals surface area contributed by atoms with Gasteiger partial charge >= 0.3 is 19.3 Å². The molecule has 0 aliphatic rings. The Balaban J connectivity index is 2.87. The molecule has 0 radical (unpaired) electrons. The van der Waals surface area contributed by atoms with E-state index in [1.165, 1.54) is 49.5 Å². The summed E-state index contributed by atoms with van der Waals surface area (Å²) >= 11 is -0.176. The van der Waals surface area contributed by atoms with E-state index >= 15 is 0 Å². The summed E-state index contributed by atoms with van der Waals surface area (Å²) < 4.78 is 1.33. The third-order valence-electron chi connectivity index (χ3n) is 2.16. The van der Waals surface area contributed by atoms with Gasteiger partial charge in [0.1, 0.15) is 0 Å². The van der Waals surface area contributed by atoms with Gasteiger partial charge in [-0.1, -0.05) is 44.8 Å². The molecule has 0 saturated carbocycles. The Morgan fingerprint density at radius 1 is 1.00 bits per heavy atom. The topological polar surface area (TPSA) is 0 Å². The van der Waals surface area contributed by atoms with Gasteiger partial charge < -0.3 is 9.07 Å². The van der Waals surface area contributed by atoms with E-state index in [0.29, 0.717) is 0 Å². The van der Waals surface area contributed by atoms with E-state index in [9.17, 15) is 0 Å². The summed E-state index contributed by atoms with van der Waals surface area (Å²) in [5.41, 5.74) is 0. The molecule has 0 saturated heterocycles. The first kappa shape index (κ1) is 13.8. The number of hydrogen-bond acceptors (Lipinski definition) is 0. The SMILES string of the molecule is CC/C=C/CCCCCC[CH2][Mg][Cl]. The molecule has 0 aliphatic carbocycles. The van der Waals surface area contributed by atoms with Gasteiger partial charge in [0.25, 0.3) is 0 Å². The molecular weight excluding hydrogens is 192 g/mol. The van der Waals surface area contributed by atoms with Crippen LogP contribution >= 0.6 is 9.07 Å². The molecule has 0 rings (SSSR count). The fourth-order valence-corrected chi connectivity index (χ4v) is 2.46. The highest BCUT2D eigenvalue weighted by atomic mass is 35.5. The lowest BCUT2D eigenvalue weighted by Gasteiger charge is -1.97. The number of halogens is 1. The molecule has 2 heteroatoms. The fourth-order valence-electron chi connectivity index (χ4n) is 1.35. The zero-order chi connectivity index (χ0) is 9.78. The van der Waals surface area contributed by atoms with Gasteiger partial charge in [-0.25, -0.2) is 0 Å². The van der Waals surface area contributed by atoms with E-state index < -0.39 is 0 Å². The maximum absolute atomic E-state index is 5.73. The standard InChI is InChI=1S/C11H21.ClH.Mg/c1-3-5-7-9-11-10-8-6-4-2;;/h6,8H,1,3-5,7,9-11H2,2H3;1H;/q;;+1/p-1/b8-6+;;. The zero-order valence-corrected chi connectivity index (χ0v) is 11.1. The zero-order valence-electron chi connectivity index (χ0n) is 8.90. The van der Waals surface area contributed by atoms with Gasteiger partial charge in [0.15, 0.2) is 0 Å². The Bertz CT molecular complexity index is 113. The molecule has 0 aliphatic heterocycles. The molecule has 0 heterocycles. The van der Waals surface area contributed by atoms with Crippen molar-refractivity contribution < 1.29 is 0 Å². The van der Waals surface area contributed by atoms with Crippen LogP contribution in [0.1, 0.15) is 51.9 Å². The van der Waals surface area contributed by atoms with Crippen molar-refractivity contribution in [3.05, 3.63) is 12.2 Å². The van der Waals surface area contributed by atoms with Crippen LogP contribution < -0.4 is 0 Å². The average molecular weight is 213 g/mol. The molecule has 74 valence electrons. The largest absolute Gasteiger partial charge is 0.501 e. The molecule has 0 bridgehead atoms. The maximum atomic E-state index is 5.73. The summed E-state index contributed by atoms with van der Waals surface area (Å²) in [5, 5.41) is 0. The highest BCUT2D eigenvalue weighted by molar-refractivity contribution is 6.93. The van der Waals surface area contributed by atoms with E-state index in [4.69, 9.17) is 9.07 Å². The van der Waals surface area contributed by atoms with Crippen molar-refractivity contribution in [2.75, 3.05) is 0 Å². The minimum absolute atomic E-state index is 0.176. The first-order chi connectivity index (χ1) is 6.41. The number of rotatable bonds is 9. The highest BCUT2D eigenvalue weighted by Crippen LogP contribution is 2.07. The molecule has 0 fully saturated rings. The highest BCUT2D eigenvalue weighted by Gasteiger charge is 1.91. The van der Waals surface area contributed by atoms with Gasteiger partial charge in [-0.15, -0.1) is 4.55 Å². The molecule has 0 atom stereocenters. The van der Waals surface area contributed by atoms with Crippen LogP contribution in [0.5, 0.6) is 0 Å². The molecule has 0 nitrogen and oxygen atoms in total. The van der Waals surface area contributed by atoms with Crippen LogP contribution in [0.25, 0.3) is 0 Å².